The Balaban J connectivity index is 0.00000264. The SMILES string of the molecule is Cc1cc(O)ccc1C(O)C(C)[NH2+]CCCc1ccccc1.[Cl-]. The zero-order chi connectivity index (χ0) is 15.9. The summed E-state index contributed by atoms with van der Waals surface area (Å²) in [6.07, 6.45) is 1.64. The predicted octanol–water partition coefficient (Wildman–Crippen LogP) is -0.677. The molecule has 0 aliphatic carbocycles. The monoisotopic (exact) mass is 335 g/mol. The van der Waals surface area contributed by atoms with E-state index in [-0.39, 0.29) is 24.2 Å². The van der Waals surface area contributed by atoms with Gasteiger partial charge in [0.1, 0.15) is 17.9 Å². The van der Waals surface area contributed by atoms with E-state index in [1.54, 1.807) is 12.1 Å². The van der Waals surface area contributed by atoms with Gasteiger partial charge in [0.05, 0.1) is 6.54 Å². The molecule has 0 radical (unpaired) electrons. The molecule has 0 saturated carbocycles. The first-order valence-electron chi connectivity index (χ1n) is 7.93. The molecule has 0 aromatic heterocycles. The van der Waals surface area contributed by atoms with E-state index in [0.717, 1.165) is 30.5 Å². The highest BCUT2D eigenvalue weighted by Crippen LogP contribution is 2.23. The third-order valence-electron chi connectivity index (χ3n) is 4.12. The van der Waals surface area contributed by atoms with Gasteiger partial charge in [0.25, 0.3) is 0 Å². The average Bonchev–Trinajstić information content (AvgIpc) is 2.52. The van der Waals surface area contributed by atoms with E-state index < -0.39 is 6.10 Å². The predicted molar refractivity (Wildman–Crippen MR) is 88.8 cm³/mol. The Morgan fingerprint density at radius 3 is 2.43 bits per heavy atom. The van der Waals surface area contributed by atoms with Gasteiger partial charge in [-0.1, -0.05) is 36.4 Å². The van der Waals surface area contributed by atoms with Gasteiger partial charge in [0, 0.05) is 6.42 Å². The van der Waals surface area contributed by atoms with E-state index in [4.69, 9.17) is 0 Å². The summed E-state index contributed by atoms with van der Waals surface area (Å²) in [7, 11) is 0. The Morgan fingerprint density at radius 1 is 1.09 bits per heavy atom. The quantitative estimate of drug-likeness (QED) is 0.587. The summed E-state index contributed by atoms with van der Waals surface area (Å²) in [6, 6.07) is 15.7. The summed E-state index contributed by atoms with van der Waals surface area (Å²) in [5.41, 5.74) is 3.18. The number of quaternary nitrogens is 1. The third kappa shape index (κ3) is 5.87. The molecule has 2 aromatic rings. The van der Waals surface area contributed by atoms with Gasteiger partial charge in [-0.25, -0.2) is 0 Å². The molecule has 0 saturated heterocycles. The first kappa shape index (κ1) is 19.5. The normalized spacial score (nSPS) is 13.2. The van der Waals surface area contributed by atoms with Crippen LogP contribution in [0.1, 0.15) is 36.1 Å². The topological polar surface area (TPSA) is 57.1 Å². The van der Waals surface area contributed by atoms with E-state index in [1.165, 1.54) is 5.56 Å². The summed E-state index contributed by atoms with van der Waals surface area (Å²) in [5, 5.41) is 22.1. The van der Waals surface area contributed by atoms with Crippen molar-refractivity contribution in [1.82, 2.24) is 0 Å². The lowest BCUT2D eigenvalue weighted by atomic mass is 9.98. The Hall–Kier alpha value is -1.55. The second kappa shape index (κ2) is 9.56. The first-order chi connectivity index (χ1) is 10.6. The Labute approximate surface area is 144 Å². The van der Waals surface area contributed by atoms with E-state index >= 15 is 0 Å². The molecule has 0 spiro atoms. The molecule has 2 unspecified atom stereocenters. The highest BCUT2D eigenvalue weighted by molar-refractivity contribution is 5.35. The molecule has 4 N–H and O–H groups in total. The Morgan fingerprint density at radius 2 is 1.78 bits per heavy atom. The molecular formula is C19H26ClNO2. The molecule has 23 heavy (non-hydrogen) atoms. The van der Waals surface area contributed by atoms with E-state index in [1.807, 2.05) is 26.0 Å². The third-order valence-corrected chi connectivity index (χ3v) is 4.12. The number of benzene rings is 2. The number of hydrogen-bond acceptors (Lipinski definition) is 2. The number of phenolic OH excluding ortho intramolecular Hbond substituents is 1. The molecule has 2 rings (SSSR count). The maximum atomic E-state index is 10.5. The van der Waals surface area contributed by atoms with Crippen LogP contribution >= 0.6 is 0 Å². The number of phenols is 1. The number of rotatable bonds is 7. The molecule has 126 valence electrons. The number of aryl methyl sites for hydroxylation is 2. The van der Waals surface area contributed by atoms with Gasteiger partial charge in [-0.2, -0.15) is 0 Å². The van der Waals surface area contributed by atoms with Crippen LogP contribution in [0.25, 0.3) is 0 Å². The van der Waals surface area contributed by atoms with Crippen molar-refractivity contribution in [2.45, 2.75) is 38.8 Å². The molecule has 4 heteroatoms. The van der Waals surface area contributed by atoms with Crippen molar-refractivity contribution in [2.24, 2.45) is 0 Å². The second-order valence-corrected chi connectivity index (χ2v) is 5.96. The molecule has 3 nitrogen and oxygen atoms in total. The molecular weight excluding hydrogens is 310 g/mol. The van der Waals surface area contributed by atoms with Crippen LogP contribution < -0.4 is 17.7 Å². The van der Waals surface area contributed by atoms with Crippen molar-refractivity contribution in [3.8, 4) is 5.75 Å². The Bertz CT molecular complexity index is 589. The summed E-state index contributed by atoms with van der Waals surface area (Å²) < 4.78 is 0. The van der Waals surface area contributed by atoms with Crippen LogP contribution in [-0.4, -0.2) is 22.8 Å². The zero-order valence-corrected chi connectivity index (χ0v) is 14.5. The molecule has 0 aliphatic heterocycles. The van der Waals surface area contributed by atoms with Gasteiger partial charge < -0.3 is 27.9 Å². The van der Waals surface area contributed by atoms with Crippen molar-refractivity contribution in [3.05, 3.63) is 65.2 Å². The van der Waals surface area contributed by atoms with Crippen molar-refractivity contribution in [1.29, 1.82) is 0 Å². The minimum atomic E-state index is -0.516. The van der Waals surface area contributed by atoms with Crippen LogP contribution in [0.4, 0.5) is 0 Å². The van der Waals surface area contributed by atoms with Crippen LogP contribution in [0.15, 0.2) is 48.5 Å². The number of aromatic hydroxyl groups is 1. The summed E-state index contributed by atoms with van der Waals surface area (Å²) in [6.45, 7) is 4.95. The molecule has 2 atom stereocenters. The van der Waals surface area contributed by atoms with Gasteiger partial charge in [-0.3, -0.25) is 0 Å². The molecule has 0 bridgehead atoms. The lowest BCUT2D eigenvalue weighted by Gasteiger charge is -2.19. The molecule has 0 heterocycles. The fourth-order valence-electron chi connectivity index (χ4n) is 2.74. The number of nitrogens with two attached hydrogens (primary N) is 1. The maximum absolute atomic E-state index is 10.5. The smallest absolute Gasteiger partial charge is 0.131 e. The van der Waals surface area contributed by atoms with Gasteiger partial charge in [0.2, 0.25) is 0 Å². The van der Waals surface area contributed by atoms with Crippen LogP contribution in [-0.2, 0) is 6.42 Å². The fraction of sp³-hybridized carbons (Fsp3) is 0.368. The maximum Gasteiger partial charge on any atom is 0.131 e. The van der Waals surface area contributed by atoms with Gasteiger partial charge >= 0.3 is 0 Å². The number of aliphatic hydroxyl groups excluding tert-OH is 1. The lowest BCUT2D eigenvalue weighted by Crippen LogP contribution is -3.00. The number of hydrogen-bond donors (Lipinski definition) is 3. The van der Waals surface area contributed by atoms with Crippen molar-refractivity contribution >= 4 is 0 Å². The van der Waals surface area contributed by atoms with Crippen LogP contribution in [0, 0.1) is 6.92 Å². The minimum absolute atomic E-state index is 0. The molecule has 0 fully saturated rings. The highest BCUT2D eigenvalue weighted by Gasteiger charge is 2.20. The zero-order valence-electron chi connectivity index (χ0n) is 13.7. The minimum Gasteiger partial charge on any atom is -1.00 e. The number of aliphatic hydroxyl groups is 1. The van der Waals surface area contributed by atoms with Crippen molar-refractivity contribution in [3.63, 3.8) is 0 Å². The highest BCUT2D eigenvalue weighted by atomic mass is 35.5. The largest absolute Gasteiger partial charge is 1.00 e. The Kier molecular flexibility index (Phi) is 8.10. The van der Waals surface area contributed by atoms with Gasteiger partial charge in [0.15, 0.2) is 0 Å². The lowest BCUT2D eigenvalue weighted by molar-refractivity contribution is -0.694. The molecule has 0 aliphatic rings. The molecule has 2 aromatic carbocycles. The number of halogens is 1. The molecule has 0 amide bonds. The van der Waals surface area contributed by atoms with Crippen LogP contribution in [0.5, 0.6) is 5.75 Å². The van der Waals surface area contributed by atoms with E-state index in [0.29, 0.717) is 0 Å². The van der Waals surface area contributed by atoms with E-state index in [9.17, 15) is 10.2 Å². The van der Waals surface area contributed by atoms with Gasteiger partial charge in [-0.05, 0) is 49.1 Å². The fourth-order valence-corrected chi connectivity index (χ4v) is 2.74. The summed E-state index contributed by atoms with van der Waals surface area (Å²) in [5.74, 6) is 0.243. The standard InChI is InChI=1S/C19H25NO2.ClH/c1-14-13-17(21)10-11-18(14)19(22)15(2)20-12-6-9-16-7-4-3-5-8-16;/h3-5,7-8,10-11,13,15,19-22H,6,9,12H2,1-2H3;1H. The summed E-state index contributed by atoms with van der Waals surface area (Å²) in [4.78, 5) is 0. The van der Waals surface area contributed by atoms with Crippen LogP contribution in [0.3, 0.4) is 0 Å². The average molecular weight is 336 g/mol. The van der Waals surface area contributed by atoms with E-state index in [2.05, 4.69) is 29.6 Å². The van der Waals surface area contributed by atoms with Crippen LogP contribution in [0.2, 0.25) is 0 Å². The van der Waals surface area contributed by atoms with Crippen molar-refractivity contribution < 1.29 is 27.9 Å². The summed E-state index contributed by atoms with van der Waals surface area (Å²) >= 11 is 0. The van der Waals surface area contributed by atoms with Gasteiger partial charge in [-0.15, -0.1) is 0 Å². The van der Waals surface area contributed by atoms with Crippen molar-refractivity contribution in [2.75, 3.05) is 6.54 Å². The first-order valence-corrected chi connectivity index (χ1v) is 7.93. The second-order valence-electron chi connectivity index (χ2n) is 5.96.